The fraction of sp³-hybridized carbons (Fsp3) is 0.476. The summed E-state index contributed by atoms with van der Waals surface area (Å²) in [5.74, 6) is 2.69. The lowest BCUT2D eigenvalue weighted by Crippen LogP contribution is -2.26. The van der Waals surface area contributed by atoms with E-state index in [9.17, 15) is 4.79 Å². The summed E-state index contributed by atoms with van der Waals surface area (Å²) in [6.07, 6.45) is 5.03. The molecule has 0 radical (unpaired) electrons. The van der Waals surface area contributed by atoms with Gasteiger partial charge in [-0.15, -0.1) is 0 Å². The Morgan fingerprint density at radius 2 is 1.93 bits per heavy atom. The standard InChI is InChI=1S/C21H27N3O3/c1-4-26-20-12-22-21(23-13-20)24-10-9-19(14-24)27-18-7-5-17(6-8-18)15(2)11-16(3)25/h5-8,12-13,15,19H,4,9-11,14H2,1-3H3/t15-,19-/m1/s1. The number of nitrogens with zero attached hydrogens (tertiary/aromatic N) is 3. The summed E-state index contributed by atoms with van der Waals surface area (Å²) in [5, 5.41) is 0. The molecule has 2 heterocycles. The first kappa shape index (κ1) is 19.1. The van der Waals surface area contributed by atoms with Crippen molar-refractivity contribution in [2.75, 3.05) is 24.6 Å². The SMILES string of the molecule is CCOc1cnc(N2CC[C@@H](Oc3ccc([C@H](C)CC(C)=O)cc3)C2)nc1. The van der Waals surface area contributed by atoms with E-state index in [-0.39, 0.29) is 17.8 Å². The van der Waals surface area contributed by atoms with Crippen molar-refractivity contribution < 1.29 is 14.3 Å². The molecule has 0 saturated carbocycles. The molecule has 1 fully saturated rings. The fourth-order valence-corrected chi connectivity index (χ4v) is 3.34. The number of anilines is 1. The molecule has 144 valence electrons. The molecule has 0 amide bonds. The Balaban J connectivity index is 1.54. The van der Waals surface area contributed by atoms with Gasteiger partial charge in [0, 0.05) is 19.4 Å². The van der Waals surface area contributed by atoms with Crippen LogP contribution >= 0.6 is 0 Å². The molecule has 1 aliphatic rings. The van der Waals surface area contributed by atoms with Crippen LogP contribution in [-0.2, 0) is 4.79 Å². The molecule has 0 unspecified atom stereocenters. The van der Waals surface area contributed by atoms with Crippen molar-refractivity contribution in [1.29, 1.82) is 0 Å². The summed E-state index contributed by atoms with van der Waals surface area (Å²) in [5.41, 5.74) is 1.16. The molecule has 1 aromatic heterocycles. The lowest BCUT2D eigenvalue weighted by molar-refractivity contribution is -0.117. The number of ketones is 1. The summed E-state index contributed by atoms with van der Waals surface area (Å²) in [6.45, 7) is 7.88. The Hall–Kier alpha value is -2.63. The van der Waals surface area contributed by atoms with E-state index in [1.807, 2.05) is 31.2 Å². The Bertz CT molecular complexity index is 746. The number of carbonyl (C=O) groups excluding carboxylic acids is 1. The number of hydrogen-bond donors (Lipinski definition) is 0. The van der Waals surface area contributed by atoms with Crippen molar-refractivity contribution >= 4 is 11.7 Å². The normalized spacial score (nSPS) is 17.6. The van der Waals surface area contributed by atoms with Crippen LogP contribution in [0.4, 0.5) is 5.95 Å². The van der Waals surface area contributed by atoms with Gasteiger partial charge in [-0.3, -0.25) is 0 Å². The van der Waals surface area contributed by atoms with Crippen LogP contribution in [0.1, 0.15) is 45.1 Å². The molecule has 6 nitrogen and oxygen atoms in total. The number of hydrogen-bond acceptors (Lipinski definition) is 6. The molecular weight excluding hydrogens is 342 g/mol. The smallest absolute Gasteiger partial charge is 0.225 e. The van der Waals surface area contributed by atoms with Crippen LogP contribution in [-0.4, -0.2) is 41.6 Å². The van der Waals surface area contributed by atoms with Crippen LogP contribution in [0.3, 0.4) is 0 Å². The predicted octanol–water partition coefficient (Wildman–Crippen LogP) is 3.62. The zero-order chi connectivity index (χ0) is 19.2. The minimum Gasteiger partial charge on any atom is -0.491 e. The molecule has 1 aromatic carbocycles. The molecule has 3 rings (SSSR count). The van der Waals surface area contributed by atoms with Crippen molar-refractivity contribution in [3.05, 3.63) is 42.2 Å². The van der Waals surface area contributed by atoms with E-state index in [1.165, 1.54) is 0 Å². The topological polar surface area (TPSA) is 64.6 Å². The lowest BCUT2D eigenvalue weighted by atomic mass is 9.96. The van der Waals surface area contributed by atoms with Crippen molar-refractivity contribution in [2.45, 2.75) is 45.6 Å². The van der Waals surface area contributed by atoms with Gasteiger partial charge in [-0.25, -0.2) is 9.97 Å². The van der Waals surface area contributed by atoms with Gasteiger partial charge in [0.1, 0.15) is 17.6 Å². The maximum atomic E-state index is 11.3. The number of carbonyl (C=O) groups is 1. The molecule has 0 aliphatic carbocycles. The minimum atomic E-state index is 0.112. The molecule has 6 heteroatoms. The quantitative estimate of drug-likeness (QED) is 0.708. The monoisotopic (exact) mass is 369 g/mol. The number of benzene rings is 1. The highest BCUT2D eigenvalue weighted by Crippen LogP contribution is 2.25. The first-order chi connectivity index (χ1) is 13.0. The van der Waals surface area contributed by atoms with Gasteiger partial charge < -0.3 is 19.2 Å². The number of rotatable bonds is 8. The predicted molar refractivity (Wildman–Crippen MR) is 105 cm³/mol. The van der Waals surface area contributed by atoms with E-state index in [1.54, 1.807) is 19.3 Å². The molecule has 0 bridgehead atoms. The first-order valence-electron chi connectivity index (χ1n) is 9.51. The zero-order valence-corrected chi connectivity index (χ0v) is 16.2. The van der Waals surface area contributed by atoms with Crippen LogP contribution in [0.5, 0.6) is 11.5 Å². The third kappa shape index (κ3) is 5.18. The summed E-state index contributed by atoms with van der Waals surface area (Å²) >= 11 is 0. The van der Waals surface area contributed by atoms with Gasteiger partial charge in [-0.2, -0.15) is 0 Å². The van der Waals surface area contributed by atoms with Crippen LogP contribution in [0.25, 0.3) is 0 Å². The van der Waals surface area contributed by atoms with Crippen molar-refractivity contribution in [1.82, 2.24) is 9.97 Å². The highest BCUT2D eigenvalue weighted by atomic mass is 16.5. The van der Waals surface area contributed by atoms with Gasteiger partial charge in [0.2, 0.25) is 5.95 Å². The summed E-state index contributed by atoms with van der Waals surface area (Å²) in [4.78, 5) is 22.2. The highest BCUT2D eigenvalue weighted by molar-refractivity contribution is 5.76. The second-order valence-electron chi connectivity index (χ2n) is 7.00. The Kier molecular flexibility index (Phi) is 6.27. The van der Waals surface area contributed by atoms with Gasteiger partial charge in [-0.1, -0.05) is 19.1 Å². The minimum absolute atomic E-state index is 0.112. The van der Waals surface area contributed by atoms with E-state index >= 15 is 0 Å². The Labute approximate surface area is 160 Å². The van der Waals surface area contributed by atoms with Gasteiger partial charge in [0.15, 0.2) is 5.75 Å². The third-order valence-electron chi connectivity index (χ3n) is 4.70. The van der Waals surface area contributed by atoms with Crippen LogP contribution in [0, 0.1) is 0 Å². The van der Waals surface area contributed by atoms with Crippen molar-refractivity contribution in [3.63, 3.8) is 0 Å². The van der Waals surface area contributed by atoms with Gasteiger partial charge in [-0.05, 0) is 37.5 Å². The maximum Gasteiger partial charge on any atom is 0.225 e. The van der Waals surface area contributed by atoms with Gasteiger partial charge in [0.05, 0.1) is 25.5 Å². The summed E-state index contributed by atoms with van der Waals surface area (Å²) in [6, 6.07) is 8.07. The van der Waals surface area contributed by atoms with Gasteiger partial charge >= 0.3 is 0 Å². The van der Waals surface area contributed by atoms with Crippen molar-refractivity contribution in [2.24, 2.45) is 0 Å². The fourth-order valence-electron chi connectivity index (χ4n) is 3.34. The van der Waals surface area contributed by atoms with Gasteiger partial charge in [0.25, 0.3) is 0 Å². The first-order valence-corrected chi connectivity index (χ1v) is 9.51. The van der Waals surface area contributed by atoms with Crippen LogP contribution in [0.15, 0.2) is 36.7 Å². The lowest BCUT2D eigenvalue weighted by Gasteiger charge is -2.17. The number of aromatic nitrogens is 2. The average molecular weight is 369 g/mol. The number of Topliss-reactive ketones (excluding diaryl/α,β-unsaturated/α-hetero) is 1. The largest absolute Gasteiger partial charge is 0.491 e. The van der Waals surface area contributed by atoms with Crippen LogP contribution in [0.2, 0.25) is 0 Å². The second-order valence-corrected chi connectivity index (χ2v) is 7.00. The highest BCUT2D eigenvalue weighted by Gasteiger charge is 2.26. The average Bonchev–Trinajstić information content (AvgIpc) is 3.11. The second kappa shape index (κ2) is 8.84. The molecule has 2 aromatic rings. The van der Waals surface area contributed by atoms with Crippen LogP contribution < -0.4 is 14.4 Å². The summed E-state index contributed by atoms with van der Waals surface area (Å²) < 4.78 is 11.5. The Morgan fingerprint density at radius 1 is 1.22 bits per heavy atom. The molecule has 1 aliphatic heterocycles. The van der Waals surface area contributed by atoms with E-state index in [4.69, 9.17) is 9.47 Å². The number of ether oxygens (including phenoxy) is 2. The molecule has 2 atom stereocenters. The molecule has 27 heavy (non-hydrogen) atoms. The summed E-state index contributed by atoms with van der Waals surface area (Å²) in [7, 11) is 0. The maximum absolute atomic E-state index is 11.3. The van der Waals surface area contributed by atoms with Crippen molar-refractivity contribution in [3.8, 4) is 11.5 Å². The van der Waals surface area contributed by atoms with E-state index in [2.05, 4.69) is 21.8 Å². The Morgan fingerprint density at radius 3 is 2.56 bits per heavy atom. The van der Waals surface area contributed by atoms with E-state index in [0.717, 1.165) is 30.8 Å². The molecule has 1 saturated heterocycles. The molecule has 0 N–H and O–H groups in total. The third-order valence-corrected chi connectivity index (χ3v) is 4.70. The zero-order valence-electron chi connectivity index (χ0n) is 16.2. The molecular formula is C21H27N3O3. The van der Waals surface area contributed by atoms with E-state index < -0.39 is 0 Å². The van der Waals surface area contributed by atoms with E-state index in [0.29, 0.717) is 24.7 Å². The molecule has 0 spiro atoms.